The SMILES string of the molecule is Cc1cc(N2CCCC2c2c(C)nn(CC(C)C)c2Cl)n2nc(C(F)(F)F)nc2n1. The molecule has 0 spiro atoms. The van der Waals surface area contributed by atoms with Gasteiger partial charge in [-0.05, 0) is 32.6 Å². The van der Waals surface area contributed by atoms with Crippen LogP contribution in [-0.4, -0.2) is 35.9 Å². The number of hydrogen-bond donors (Lipinski definition) is 0. The van der Waals surface area contributed by atoms with Crippen LogP contribution in [0.25, 0.3) is 5.78 Å². The Bertz CT molecular complexity index is 1090. The molecule has 7 nitrogen and oxygen atoms in total. The quantitative estimate of drug-likeness (QED) is 0.591. The average Bonchev–Trinajstić information content (AvgIpc) is 3.31. The lowest BCUT2D eigenvalue weighted by atomic mass is 10.1. The van der Waals surface area contributed by atoms with Crippen molar-refractivity contribution in [1.82, 2.24) is 29.4 Å². The first-order valence-electron chi connectivity index (χ1n) is 9.87. The molecule has 162 valence electrons. The normalized spacial score (nSPS) is 17.6. The van der Waals surface area contributed by atoms with E-state index in [-0.39, 0.29) is 11.8 Å². The van der Waals surface area contributed by atoms with Gasteiger partial charge in [-0.15, -0.1) is 5.10 Å². The van der Waals surface area contributed by atoms with Crippen LogP contribution >= 0.6 is 11.6 Å². The third-order valence-corrected chi connectivity index (χ3v) is 5.60. The maximum Gasteiger partial charge on any atom is 0.453 e. The molecule has 0 bridgehead atoms. The molecule has 1 saturated heterocycles. The Morgan fingerprint density at radius 1 is 1.20 bits per heavy atom. The molecule has 4 rings (SSSR count). The Hall–Kier alpha value is -2.36. The van der Waals surface area contributed by atoms with Gasteiger partial charge in [0.2, 0.25) is 0 Å². The number of fused-ring (bicyclic) bond motifs is 1. The molecule has 4 heterocycles. The number of hydrogen-bond acceptors (Lipinski definition) is 5. The molecule has 0 aliphatic carbocycles. The minimum atomic E-state index is -4.64. The van der Waals surface area contributed by atoms with Crippen molar-refractivity contribution in [2.75, 3.05) is 11.4 Å². The lowest BCUT2D eigenvalue weighted by Gasteiger charge is -2.27. The summed E-state index contributed by atoms with van der Waals surface area (Å²) in [6.45, 7) is 9.19. The standard InChI is InChI=1S/C19H23ClF3N7/c1-10(2)9-29-16(20)15(12(4)26-29)13-6-5-7-28(13)14-8-11(3)24-18-25-17(19(21,22)23)27-30(14)18/h8,10,13H,5-7,9H2,1-4H3. The summed E-state index contributed by atoms with van der Waals surface area (Å²) in [5.74, 6) is -0.360. The van der Waals surface area contributed by atoms with E-state index in [1.165, 1.54) is 4.52 Å². The first kappa shape index (κ1) is 20.9. The highest BCUT2D eigenvalue weighted by molar-refractivity contribution is 6.30. The molecule has 1 aliphatic rings. The monoisotopic (exact) mass is 441 g/mol. The topological polar surface area (TPSA) is 64.1 Å². The zero-order chi connectivity index (χ0) is 21.8. The van der Waals surface area contributed by atoms with Gasteiger partial charge in [0, 0.05) is 30.4 Å². The maximum absolute atomic E-state index is 13.2. The van der Waals surface area contributed by atoms with Crippen LogP contribution in [0.15, 0.2) is 6.07 Å². The van der Waals surface area contributed by atoms with Gasteiger partial charge < -0.3 is 4.90 Å². The minimum absolute atomic E-state index is 0.0682. The Balaban J connectivity index is 1.81. The molecule has 3 aromatic heterocycles. The average molecular weight is 442 g/mol. The lowest BCUT2D eigenvalue weighted by molar-refractivity contribution is -0.144. The summed E-state index contributed by atoms with van der Waals surface area (Å²) in [6.07, 6.45) is -2.95. The second kappa shape index (κ2) is 7.40. The minimum Gasteiger partial charge on any atom is -0.349 e. The van der Waals surface area contributed by atoms with E-state index in [0.717, 1.165) is 24.1 Å². The summed E-state index contributed by atoms with van der Waals surface area (Å²) in [4.78, 5) is 9.76. The summed E-state index contributed by atoms with van der Waals surface area (Å²) in [7, 11) is 0. The smallest absolute Gasteiger partial charge is 0.349 e. The summed E-state index contributed by atoms with van der Waals surface area (Å²) >= 11 is 6.70. The molecule has 0 aromatic carbocycles. The predicted molar refractivity (Wildman–Crippen MR) is 107 cm³/mol. The molecule has 0 N–H and O–H groups in total. The van der Waals surface area contributed by atoms with Gasteiger partial charge in [-0.1, -0.05) is 25.4 Å². The van der Waals surface area contributed by atoms with Crippen LogP contribution in [0, 0.1) is 19.8 Å². The van der Waals surface area contributed by atoms with Crippen molar-refractivity contribution in [1.29, 1.82) is 0 Å². The van der Waals surface area contributed by atoms with Crippen molar-refractivity contribution in [2.24, 2.45) is 5.92 Å². The molecule has 1 atom stereocenters. The lowest BCUT2D eigenvalue weighted by Crippen LogP contribution is -2.26. The van der Waals surface area contributed by atoms with Gasteiger partial charge >= 0.3 is 6.18 Å². The molecule has 0 radical (unpaired) electrons. The molecular formula is C19H23ClF3N7. The van der Waals surface area contributed by atoms with Crippen molar-refractivity contribution < 1.29 is 13.2 Å². The summed E-state index contributed by atoms with van der Waals surface area (Å²) in [5.41, 5.74) is 2.31. The number of anilines is 1. The highest BCUT2D eigenvalue weighted by Crippen LogP contribution is 2.41. The molecule has 0 amide bonds. The molecular weight excluding hydrogens is 419 g/mol. The fraction of sp³-hybridized carbons (Fsp3) is 0.579. The van der Waals surface area contributed by atoms with Gasteiger partial charge in [-0.25, -0.2) is 4.98 Å². The highest BCUT2D eigenvalue weighted by Gasteiger charge is 2.38. The molecule has 1 fully saturated rings. The van der Waals surface area contributed by atoms with Crippen molar-refractivity contribution in [3.05, 3.63) is 34.0 Å². The van der Waals surface area contributed by atoms with Crippen molar-refractivity contribution >= 4 is 23.2 Å². The zero-order valence-electron chi connectivity index (χ0n) is 17.2. The maximum atomic E-state index is 13.2. The molecule has 1 aliphatic heterocycles. The second-order valence-electron chi connectivity index (χ2n) is 8.12. The van der Waals surface area contributed by atoms with Crippen LogP contribution in [0.1, 0.15) is 55.5 Å². The molecule has 1 unspecified atom stereocenters. The van der Waals surface area contributed by atoms with Crippen LogP contribution in [0.3, 0.4) is 0 Å². The first-order valence-corrected chi connectivity index (χ1v) is 10.2. The van der Waals surface area contributed by atoms with Crippen LogP contribution in [-0.2, 0) is 12.7 Å². The largest absolute Gasteiger partial charge is 0.453 e. The van der Waals surface area contributed by atoms with Gasteiger partial charge in [0.25, 0.3) is 11.6 Å². The summed E-state index contributed by atoms with van der Waals surface area (Å²) < 4.78 is 42.5. The van der Waals surface area contributed by atoms with Crippen molar-refractivity contribution in [2.45, 2.75) is 59.3 Å². The Morgan fingerprint density at radius 2 is 1.93 bits per heavy atom. The van der Waals surface area contributed by atoms with Gasteiger partial charge in [-0.3, -0.25) is 4.68 Å². The number of aromatic nitrogens is 6. The fourth-order valence-electron chi connectivity index (χ4n) is 4.05. The molecule has 11 heteroatoms. The van der Waals surface area contributed by atoms with E-state index < -0.39 is 12.0 Å². The number of aryl methyl sites for hydroxylation is 2. The van der Waals surface area contributed by atoms with Gasteiger partial charge in [0.15, 0.2) is 0 Å². The molecule has 30 heavy (non-hydrogen) atoms. The van der Waals surface area contributed by atoms with Gasteiger partial charge in [0.1, 0.15) is 11.0 Å². The van der Waals surface area contributed by atoms with Crippen LogP contribution < -0.4 is 4.90 Å². The van der Waals surface area contributed by atoms with E-state index in [2.05, 4.69) is 34.0 Å². The van der Waals surface area contributed by atoms with E-state index in [4.69, 9.17) is 11.6 Å². The molecule has 3 aromatic rings. The summed E-state index contributed by atoms with van der Waals surface area (Å²) in [5, 5.41) is 8.89. The van der Waals surface area contributed by atoms with Crippen LogP contribution in [0.4, 0.5) is 19.0 Å². The second-order valence-corrected chi connectivity index (χ2v) is 8.48. The predicted octanol–water partition coefficient (Wildman–Crippen LogP) is 4.61. The van der Waals surface area contributed by atoms with Gasteiger partial charge in [-0.2, -0.15) is 27.8 Å². The van der Waals surface area contributed by atoms with Crippen molar-refractivity contribution in [3.8, 4) is 0 Å². The highest BCUT2D eigenvalue weighted by atomic mass is 35.5. The van der Waals surface area contributed by atoms with E-state index in [1.54, 1.807) is 17.7 Å². The van der Waals surface area contributed by atoms with E-state index in [9.17, 15) is 13.2 Å². The van der Waals surface area contributed by atoms with E-state index >= 15 is 0 Å². The first-order chi connectivity index (χ1) is 14.1. The number of rotatable bonds is 4. The zero-order valence-corrected chi connectivity index (χ0v) is 18.0. The van der Waals surface area contributed by atoms with E-state index in [0.29, 0.717) is 35.7 Å². The third kappa shape index (κ3) is 3.61. The molecule has 0 saturated carbocycles. The van der Waals surface area contributed by atoms with Crippen LogP contribution in [0.2, 0.25) is 5.15 Å². The Morgan fingerprint density at radius 3 is 2.60 bits per heavy atom. The third-order valence-electron chi connectivity index (χ3n) is 5.20. The van der Waals surface area contributed by atoms with Gasteiger partial charge in [0.05, 0.1) is 11.7 Å². The Kier molecular flexibility index (Phi) is 5.16. The van der Waals surface area contributed by atoms with Crippen molar-refractivity contribution in [3.63, 3.8) is 0 Å². The van der Waals surface area contributed by atoms with E-state index in [1.807, 2.05) is 11.8 Å². The number of nitrogens with zero attached hydrogens (tertiary/aromatic N) is 7. The Labute approximate surface area is 176 Å². The number of halogens is 4. The number of alkyl halides is 3. The summed E-state index contributed by atoms with van der Waals surface area (Å²) in [6, 6.07) is 1.63. The van der Waals surface area contributed by atoms with Crippen LogP contribution in [0.5, 0.6) is 0 Å². The fourth-order valence-corrected chi connectivity index (χ4v) is 4.42.